The molecule has 0 fully saturated rings. The van der Waals surface area contributed by atoms with Crippen LogP contribution in [0.25, 0.3) is 0 Å². The molecule has 0 bridgehead atoms. The molecule has 1 N–H and O–H groups in total. The normalized spacial score (nSPS) is 11.9. The van der Waals surface area contributed by atoms with Gasteiger partial charge in [-0.2, -0.15) is 11.8 Å². The maximum absolute atomic E-state index is 13.0. The highest BCUT2D eigenvalue weighted by atomic mass is 32.2. The van der Waals surface area contributed by atoms with Crippen molar-refractivity contribution in [2.75, 3.05) is 5.75 Å². The molecule has 156 valence electrons. The number of benzene rings is 2. The first-order chi connectivity index (χ1) is 13.9. The van der Waals surface area contributed by atoms with Crippen molar-refractivity contribution in [2.24, 2.45) is 0 Å². The van der Waals surface area contributed by atoms with Crippen molar-refractivity contribution < 1.29 is 9.59 Å². The quantitative estimate of drug-likeness (QED) is 0.582. The van der Waals surface area contributed by atoms with Crippen molar-refractivity contribution in [2.45, 2.75) is 58.5 Å². The van der Waals surface area contributed by atoms with Gasteiger partial charge >= 0.3 is 0 Å². The van der Waals surface area contributed by atoms with E-state index in [0.29, 0.717) is 13.0 Å². The minimum atomic E-state index is -0.510. The average Bonchev–Trinajstić information content (AvgIpc) is 2.69. The van der Waals surface area contributed by atoms with Gasteiger partial charge in [-0.05, 0) is 38.8 Å². The van der Waals surface area contributed by atoms with E-state index in [9.17, 15) is 9.59 Å². The maximum Gasteiger partial charge on any atom is 0.242 e. The Morgan fingerprint density at radius 2 is 1.69 bits per heavy atom. The molecule has 5 heteroatoms. The first-order valence-corrected chi connectivity index (χ1v) is 11.3. The molecule has 4 nitrogen and oxygen atoms in total. The van der Waals surface area contributed by atoms with Crippen LogP contribution in [0.2, 0.25) is 0 Å². The first-order valence-electron chi connectivity index (χ1n) is 10.1. The molecule has 1 atom stereocenters. The zero-order valence-electron chi connectivity index (χ0n) is 17.9. The number of hydrogen-bond acceptors (Lipinski definition) is 3. The Morgan fingerprint density at radius 1 is 1.00 bits per heavy atom. The average molecular weight is 413 g/mol. The smallest absolute Gasteiger partial charge is 0.242 e. The Hall–Kier alpha value is -2.27. The molecule has 0 spiro atoms. The van der Waals surface area contributed by atoms with E-state index in [1.54, 1.807) is 16.7 Å². The number of carbonyl (C=O) groups is 2. The third-order valence-electron chi connectivity index (χ3n) is 4.61. The van der Waals surface area contributed by atoms with Crippen LogP contribution < -0.4 is 5.32 Å². The Labute approximate surface area is 179 Å². The van der Waals surface area contributed by atoms with Gasteiger partial charge in [0.1, 0.15) is 6.04 Å². The lowest BCUT2D eigenvalue weighted by Crippen LogP contribution is -2.49. The molecule has 0 aliphatic rings. The molecular formula is C24H32N2O2S. The third kappa shape index (κ3) is 7.94. The molecule has 29 heavy (non-hydrogen) atoms. The lowest BCUT2D eigenvalue weighted by Gasteiger charge is -2.29. The third-order valence-corrected chi connectivity index (χ3v) is 5.64. The van der Waals surface area contributed by atoms with Gasteiger partial charge in [-0.1, -0.05) is 60.2 Å². The van der Waals surface area contributed by atoms with Crippen LogP contribution in [0.15, 0.2) is 54.6 Å². The monoisotopic (exact) mass is 412 g/mol. The van der Waals surface area contributed by atoms with Crippen LogP contribution in [0.5, 0.6) is 0 Å². The summed E-state index contributed by atoms with van der Waals surface area (Å²) in [5.41, 5.74) is 3.44. The number of nitrogens with one attached hydrogen (secondary N) is 1. The second kappa shape index (κ2) is 11.7. The highest BCUT2D eigenvalue weighted by Gasteiger charge is 2.26. The number of hydrogen-bond donors (Lipinski definition) is 1. The van der Waals surface area contributed by atoms with Gasteiger partial charge in [0, 0.05) is 30.5 Å². The van der Waals surface area contributed by atoms with Gasteiger partial charge in [0.05, 0.1) is 0 Å². The fourth-order valence-corrected chi connectivity index (χ4v) is 3.95. The van der Waals surface area contributed by atoms with E-state index in [4.69, 9.17) is 0 Å². The number of rotatable bonds is 10. The molecule has 0 aliphatic heterocycles. The highest BCUT2D eigenvalue weighted by Crippen LogP contribution is 2.16. The molecule has 0 aromatic heterocycles. The van der Waals surface area contributed by atoms with Crippen LogP contribution >= 0.6 is 11.8 Å². The zero-order valence-corrected chi connectivity index (χ0v) is 18.7. The summed E-state index contributed by atoms with van der Waals surface area (Å²) in [4.78, 5) is 27.3. The predicted molar refractivity (Wildman–Crippen MR) is 122 cm³/mol. The van der Waals surface area contributed by atoms with Crippen molar-refractivity contribution in [3.05, 3.63) is 71.3 Å². The van der Waals surface area contributed by atoms with Gasteiger partial charge in [-0.3, -0.25) is 9.59 Å². The molecule has 0 unspecified atom stereocenters. The zero-order chi connectivity index (χ0) is 21.2. The van der Waals surface area contributed by atoms with Crippen molar-refractivity contribution in [3.8, 4) is 0 Å². The van der Waals surface area contributed by atoms with Crippen molar-refractivity contribution in [3.63, 3.8) is 0 Å². The van der Waals surface area contributed by atoms with Crippen molar-refractivity contribution in [1.29, 1.82) is 0 Å². The van der Waals surface area contributed by atoms with E-state index in [0.717, 1.165) is 22.6 Å². The predicted octanol–water partition coefficient (Wildman–Crippen LogP) is 4.56. The molecule has 0 radical (unpaired) electrons. The van der Waals surface area contributed by atoms with Crippen LogP contribution in [-0.4, -0.2) is 34.6 Å². The molecule has 0 heterocycles. The summed E-state index contributed by atoms with van der Waals surface area (Å²) in [6.45, 7) is 8.14. The molecule has 2 aromatic rings. The summed E-state index contributed by atoms with van der Waals surface area (Å²) in [5, 5.41) is 2.93. The summed E-state index contributed by atoms with van der Waals surface area (Å²) in [6, 6.07) is 17.9. The molecule has 0 saturated heterocycles. The second-order valence-corrected chi connectivity index (χ2v) is 8.74. The van der Waals surface area contributed by atoms with E-state index in [1.807, 2.05) is 64.1 Å². The van der Waals surface area contributed by atoms with Crippen molar-refractivity contribution >= 4 is 23.6 Å². The largest absolute Gasteiger partial charge is 0.352 e. The van der Waals surface area contributed by atoms with Gasteiger partial charge in [0.25, 0.3) is 0 Å². The van der Waals surface area contributed by atoms with Gasteiger partial charge in [0.15, 0.2) is 0 Å². The number of thioether (sulfide) groups is 1. The number of amides is 2. The SMILES string of the molecule is Cc1cccc(CN(C(=O)CCSCc2ccccc2)[C@H](C)C(=O)NC(C)C)c1. The van der Waals surface area contributed by atoms with E-state index in [-0.39, 0.29) is 17.9 Å². The van der Waals surface area contributed by atoms with E-state index in [1.165, 1.54) is 5.56 Å². The summed E-state index contributed by atoms with van der Waals surface area (Å²) < 4.78 is 0. The topological polar surface area (TPSA) is 49.4 Å². The molecule has 0 aliphatic carbocycles. The fraction of sp³-hybridized carbons (Fsp3) is 0.417. The second-order valence-electron chi connectivity index (χ2n) is 7.64. The van der Waals surface area contributed by atoms with Crippen molar-refractivity contribution in [1.82, 2.24) is 10.2 Å². The summed E-state index contributed by atoms with van der Waals surface area (Å²) >= 11 is 1.74. The molecule has 2 amide bonds. The van der Waals surface area contributed by atoms with Crippen LogP contribution in [0.4, 0.5) is 0 Å². The van der Waals surface area contributed by atoms with E-state index in [2.05, 4.69) is 23.5 Å². The van der Waals surface area contributed by atoms with E-state index < -0.39 is 6.04 Å². The summed E-state index contributed by atoms with van der Waals surface area (Å²) in [7, 11) is 0. The first kappa shape index (κ1) is 23.0. The van der Waals surface area contributed by atoms with Gasteiger partial charge in [-0.25, -0.2) is 0 Å². The van der Waals surface area contributed by atoms with E-state index >= 15 is 0 Å². The Bertz CT molecular complexity index is 792. The summed E-state index contributed by atoms with van der Waals surface area (Å²) in [5.74, 6) is 1.52. The lowest BCUT2D eigenvalue weighted by molar-refractivity contribution is -0.140. The molecular weight excluding hydrogens is 380 g/mol. The minimum absolute atomic E-state index is 0.0125. The van der Waals surface area contributed by atoms with Crippen LogP contribution in [-0.2, 0) is 21.9 Å². The lowest BCUT2D eigenvalue weighted by atomic mass is 10.1. The highest BCUT2D eigenvalue weighted by molar-refractivity contribution is 7.98. The Morgan fingerprint density at radius 3 is 2.34 bits per heavy atom. The summed E-state index contributed by atoms with van der Waals surface area (Å²) in [6.07, 6.45) is 0.419. The molecule has 0 saturated carbocycles. The van der Waals surface area contributed by atoms with Gasteiger partial charge < -0.3 is 10.2 Å². The van der Waals surface area contributed by atoms with Crippen LogP contribution in [0, 0.1) is 6.92 Å². The Balaban J connectivity index is 2.00. The molecule has 2 rings (SSSR count). The van der Waals surface area contributed by atoms with Gasteiger partial charge in [0.2, 0.25) is 11.8 Å². The standard InChI is InChI=1S/C24H32N2O2S/c1-18(2)25-24(28)20(4)26(16-22-12-8-9-19(3)15-22)23(27)13-14-29-17-21-10-6-5-7-11-21/h5-12,15,18,20H,13-14,16-17H2,1-4H3,(H,25,28)/t20-/m1/s1. The maximum atomic E-state index is 13.0. The van der Waals surface area contributed by atoms with Crippen LogP contribution in [0.1, 0.15) is 43.9 Å². The minimum Gasteiger partial charge on any atom is -0.352 e. The number of carbonyl (C=O) groups excluding carboxylic acids is 2. The van der Waals surface area contributed by atoms with Crippen LogP contribution in [0.3, 0.4) is 0 Å². The number of aryl methyl sites for hydroxylation is 1. The van der Waals surface area contributed by atoms with Gasteiger partial charge in [-0.15, -0.1) is 0 Å². The Kier molecular flexibility index (Phi) is 9.26. The fourth-order valence-electron chi connectivity index (χ4n) is 3.06. The molecule has 2 aromatic carbocycles. The number of nitrogens with zero attached hydrogens (tertiary/aromatic N) is 1.